The summed E-state index contributed by atoms with van der Waals surface area (Å²) in [6, 6.07) is 18.2. The third-order valence-electron chi connectivity index (χ3n) is 5.12. The van der Waals surface area contributed by atoms with E-state index in [1.807, 2.05) is 31.2 Å². The summed E-state index contributed by atoms with van der Waals surface area (Å²) in [5.41, 5.74) is 7.51. The number of nitrogens with zero attached hydrogens (tertiary/aromatic N) is 1. The van der Waals surface area contributed by atoms with Crippen LogP contribution in [-0.4, -0.2) is 28.3 Å². The molecule has 0 spiro atoms. The predicted octanol–water partition coefficient (Wildman–Crippen LogP) is 4.43. The molecule has 0 aliphatic heterocycles. The predicted molar refractivity (Wildman–Crippen MR) is 127 cm³/mol. The van der Waals surface area contributed by atoms with Crippen molar-refractivity contribution in [2.45, 2.75) is 6.92 Å². The van der Waals surface area contributed by atoms with Crippen molar-refractivity contribution >= 4 is 34.3 Å². The molecule has 33 heavy (non-hydrogen) atoms. The summed E-state index contributed by atoms with van der Waals surface area (Å²) < 4.78 is 6.60. The molecule has 3 aromatic carbocycles. The van der Waals surface area contributed by atoms with E-state index in [0.29, 0.717) is 23.5 Å². The van der Waals surface area contributed by atoms with E-state index in [-0.39, 0.29) is 10.9 Å². The highest BCUT2D eigenvalue weighted by Gasteiger charge is 2.18. The van der Waals surface area contributed by atoms with E-state index in [1.54, 1.807) is 36.4 Å². The number of hydrogen-bond acceptors (Lipinski definition) is 5. The summed E-state index contributed by atoms with van der Waals surface area (Å²) in [7, 11) is 0. The topological polar surface area (TPSA) is 124 Å². The van der Waals surface area contributed by atoms with Crippen molar-refractivity contribution < 1.29 is 19.4 Å². The molecule has 4 rings (SSSR count). The number of carbonyl (C=O) groups is 2. The highest BCUT2D eigenvalue weighted by Crippen LogP contribution is 2.31. The van der Waals surface area contributed by atoms with Gasteiger partial charge in [-0.2, -0.15) is 0 Å². The van der Waals surface area contributed by atoms with Crippen LogP contribution >= 0.6 is 0 Å². The molecule has 166 valence electrons. The Kier molecular flexibility index (Phi) is 5.82. The van der Waals surface area contributed by atoms with Crippen LogP contribution in [0.15, 0.2) is 77.7 Å². The summed E-state index contributed by atoms with van der Waals surface area (Å²) in [5.74, 6) is -0.686. The monoisotopic (exact) mass is 443 g/mol. The van der Waals surface area contributed by atoms with Crippen LogP contribution in [0.1, 0.15) is 17.3 Å². The maximum Gasteiger partial charge on any atom is 0.341 e. The van der Waals surface area contributed by atoms with Crippen LogP contribution in [0, 0.1) is 0 Å². The van der Waals surface area contributed by atoms with Crippen molar-refractivity contribution in [3.05, 3.63) is 88.7 Å². The largest absolute Gasteiger partial charge is 0.494 e. The van der Waals surface area contributed by atoms with Gasteiger partial charge in [-0.25, -0.2) is 9.59 Å². The molecule has 0 unspecified atom stereocenters. The van der Waals surface area contributed by atoms with Gasteiger partial charge in [0, 0.05) is 22.8 Å². The minimum Gasteiger partial charge on any atom is -0.494 e. The van der Waals surface area contributed by atoms with E-state index in [1.165, 1.54) is 6.07 Å². The van der Waals surface area contributed by atoms with E-state index >= 15 is 0 Å². The number of carbonyl (C=O) groups excluding carboxylic acids is 1. The number of carboxylic acid groups (broad SMARTS) is 1. The van der Waals surface area contributed by atoms with Crippen LogP contribution in [0.5, 0.6) is 5.75 Å². The number of ether oxygens (including phenoxy) is 1. The fourth-order valence-corrected chi connectivity index (χ4v) is 3.59. The quantitative estimate of drug-likeness (QED) is 0.392. The number of hydrogen-bond donors (Lipinski definition) is 3. The lowest BCUT2D eigenvalue weighted by Crippen LogP contribution is -2.26. The van der Waals surface area contributed by atoms with E-state index < -0.39 is 23.0 Å². The number of para-hydroxylation sites is 1. The fraction of sp³-hybridized carbons (Fsp3) is 0.0800. The molecule has 0 radical (unpaired) electrons. The van der Waals surface area contributed by atoms with Crippen LogP contribution in [0.4, 0.5) is 16.2 Å². The summed E-state index contributed by atoms with van der Waals surface area (Å²) in [6.45, 7) is 2.45. The number of amides is 1. The normalized spacial score (nSPS) is 10.7. The van der Waals surface area contributed by atoms with Crippen molar-refractivity contribution in [2.24, 2.45) is 0 Å². The van der Waals surface area contributed by atoms with Crippen molar-refractivity contribution in [2.75, 3.05) is 17.7 Å². The van der Waals surface area contributed by atoms with Gasteiger partial charge in [0.25, 0.3) is 0 Å². The molecule has 4 N–H and O–H groups in total. The molecule has 0 saturated carbocycles. The third kappa shape index (κ3) is 4.27. The van der Waals surface area contributed by atoms with E-state index in [0.717, 1.165) is 22.1 Å². The number of nitrogen functional groups attached to an aromatic ring is 1. The Hall–Kier alpha value is -4.59. The van der Waals surface area contributed by atoms with Crippen molar-refractivity contribution in [3.63, 3.8) is 0 Å². The molecule has 1 amide bonds. The standard InChI is InChI=1S/C25H21N3O5/c1-2-33-17-10-7-15(8-11-17)18-12-9-16(26)13-21(18)27-25(32)28-14-20(24(30)31)23(29)19-5-3-4-6-22(19)28/h3-14H,2,26H2,1H3,(H,27,32)(H,30,31). The van der Waals surface area contributed by atoms with Crippen LogP contribution in [0.2, 0.25) is 0 Å². The first-order valence-electron chi connectivity index (χ1n) is 10.2. The van der Waals surface area contributed by atoms with E-state index in [4.69, 9.17) is 10.5 Å². The molecule has 0 aliphatic rings. The van der Waals surface area contributed by atoms with Gasteiger partial charge in [-0.15, -0.1) is 0 Å². The molecule has 0 bridgehead atoms. The number of carboxylic acids is 1. The number of aromatic nitrogens is 1. The number of pyridine rings is 1. The second kappa shape index (κ2) is 8.88. The lowest BCUT2D eigenvalue weighted by Gasteiger charge is -2.16. The fourth-order valence-electron chi connectivity index (χ4n) is 3.59. The van der Waals surface area contributed by atoms with Gasteiger partial charge in [-0.3, -0.25) is 9.36 Å². The highest BCUT2D eigenvalue weighted by molar-refractivity contribution is 6.02. The van der Waals surface area contributed by atoms with Gasteiger partial charge in [0.2, 0.25) is 5.43 Å². The number of aromatic carboxylic acids is 1. The average molecular weight is 443 g/mol. The molecule has 8 nitrogen and oxygen atoms in total. The molecule has 4 aromatic rings. The zero-order valence-electron chi connectivity index (χ0n) is 17.7. The minimum absolute atomic E-state index is 0.131. The Morgan fingerprint density at radius 1 is 1.06 bits per heavy atom. The molecule has 1 aromatic heterocycles. The SMILES string of the molecule is CCOc1ccc(-c2ccc(N)cc2NC(=O)n2cc(C(=O)O)c(=O)c3ccccc32)cc1. The molecule has 0 fully saturated rings. The van der Waals surface area contributed by atoms with Gasteiger partial charge in [0.05, 0.1) is 17.8 Å². The first-order chi connectivity index (χ1) is 15.9. The molecule has 8 heteroatoms. The lowest BCUT2D eigenvalue weighted by atomic mass is 10.0. The van der Waals surface area contributed by atoms with Crippen LogP contribution in [0.3, 0.4) is 0 Å². The Morgan fingerprint density at radius 3 is 2.48 bits per heavy atom. The zero-order chi connectivity index (χ0) is 23.5. The zero-order valence-corrected chi connectivity index (χ0v) is 17.7. The van der Waals surface area contributed by atoms with Gasteiger partial charge >= 0.3 is 12.0 Å². The Bertz CT molecular complexity index is 1420. The Balaban J connectivity index is 1.78. The number of benzene rings is 3. The van der Waals surface area contributed by atoms with Gasteiger partial charge in [-0.1, -0.05) is 30.3 Å². The van der Waals surface area contributed by atoms with Crippen LogP contribution < -0.4 is 21.2 Å². The Morgan fingerprint density at radius 2 is 1.79 bits per heavy atom. The van der Waals surface area contributed by atoms with Gasteiger partial charge in [-0.05, 0) is 48.9 Å². The second-order valence-corrected chi connectivity index (χ2v) is 7.26. The van der Waals surface area contributed by atoms with Gasteiger partial charge in [0.1, 0.15) is 11.3 Å². The minimum atomic E-state index is -1.41. The van der Waals surface area contributed by atoms with Crippen molar-refractivity contribution in [3.8, 4) is 16.9 Å². The Labute approximate surface area is 188 Å². The summed E-state index contributed by atoms with van der Waals surface area (Å²) in [4.78, 5) is 37.3. The van der Waals surface area contributed by atoms with Crippen molar-refractivity contribution in [1.82, 2.24) is 4.57 Å². The summed E-state index contributed by atoms with van der Waals surface area (Å²) in [6.07, 6.45) is 1.03. The van der Waals surface area contributed by atoms with Gasteiger partial charge in [0.15, 0.2) is 0 Å². The number of fused-ring (bicyclic) bond motifs is 1. The van der Waals surface area contributed by atoms with Crippen molar-refractivity contribution in [1.29, 1.82) is 0 Å². The summed E-state index contributed by atoms with van der Waals surface area (Å²) in [5, 5.41) is 12.4. The maximum atomic E-state index is 13.2. The number of rotatable bonds is 5. The molecular weight excluding hydrogens is 422 g/mol. The second-order valence-electron chi connectivity index (χ2n) is 7.26. The highest BCUT2D eigenvalue weighted by atomic mass is 16.5. The van der Waals surface area contributed by atoms with E-state index in [9.17, 15) is 19.5 Å². The van der Waals surface area contributed by atoms with E-state index in [2.05, 4.69) is 5.32 Å². The first kappa shape index (κ1) is 21.6. The molecule has 0 saturated heterocycles. The summed E-state index contributed by atoms with van der Waals surface area (Å²) >= 11 is 0. The number of anilines is 2. The average Bonchev–Trinajstić information content (AvgIpc) is 2.80. The molecule has 1 heterocycles. The smallest absolute Gasteiger partial charge is 0.341 e. The first-order valence-corrected chi connectivity index (χ1v) is 10.2. The third-order valence-corrected chi connectivity index (χ3v) is 5.12. The molecule has 0 atom stereocenters. The van der Waals surface area contributed by atoms with Crippen LogP contribution in [-0.2, 0) is 0 Å². The number of nitrogens with one attached hydrogen (secondary N) is 1. The number of nitrogens with two attached hydrogens (primary N) is 1. The molecular formula is C25H21N3O5. The lowest BCUT2D eigenvalue weighted by molar-refractivity contribution is 0.0695. The maximum absolute atomic E-state index is 13.2. The molecule has 0 aliphatic carbocycles. The van der Waals surface area contributed by atoms with Crippen LogP contribution in [0.25, 0.3) is 22.0 Å². The van der Waals surface area contributed by atoms with Gasteiger partial charge < -0.3 is 20.9 Å².